The zero-order chi connectivity index (χ0) is 18.2. The van der Waals surface area contributed by atoms with E-state index in [9.17, 15) is 0 Å². The summed E-state index contributed by atoms with van der Waals surface area (Å²) in [6, 6.07) is 10.7. The maximum Gasteiger partial charge on any atom is 0.173 e. The second-order valence-electron chi connectivity index (χ2n) is 6.44. The van der Waals surface area contributed by atoms with E-state index in [1.54, 1.807) is 16.2 Å². The quantitative estimate of drug-likeness (QED) is 0.688. The molecule has 0 aliphatic rings. The van der Waals surface area contributed by atoms with Crippen LogP contribution in [-0.4, -0.2) is 36.2 Å². The maximum atomic E-state index is 5.74. The fraction of sp³-hybridized carbons (Fsp3) is 0.450. The number of hydrogen-bond acceptors (Lipinski definition) is 2. The van der Waals surface area contributed by atoms with Gasteiger partial charge in [0.05, 0.1) is 32.7 Å². The van der Waals surface area contributed by atoms with Crippen molar-refractivity contribution in [2.75, 3.05) is 31.5 Å². The molecule has 0 saturated carbocycles. The Morgan fingerprint density at radius 2 is 1.92 bits per heavy atom. The predicted octanol–water partition coefficient (Wildman–Crippen LogP) is 3.49. The third kappa shape index (κ3) is 6.10. The molecule has 2 aromatic rings. The number of benzene rings is 1. The fourth-order valence-electron chi connectivity index (χ4n) is 2.76. The first kappa shape index (κ1) is 19.9. The summed E-state index contributed by atoms with van der Waals surface area (Å²) in [5.74, 6) is 0. The Balaban J connectivity index is 2.06. The minimum Gasteiger partial charge on any atom is -0.338 e. The second-order valence-corrected chi connectivity index (χ2v) is 7.86. The Bertz CT molecular complexity index is 664. The molecule has 1 heterocycles. The Kier molecular flexibility index (Phi) is 7.88. The monoisotopic (exact) mass is 376 g/mol. The molecule has 1 aromatic heterocycles. The van der Waals surface area contributed by atoms with Crippen molar-refractivity contribution in [2.24, 2.45) is 0 Å². The van der Waals surface area contributed by atoms with Crippen molar-refractivity contribution in [2.45, 2.75) is 34.2 Å². The van der Waals surface area contributed by atoms with E-state index in [0.717, 1.165) is 43.5 Å². The lowest BCUT2D eigenvalue weighted by Crippen LogP contribution is -3.12. The molecular formula is C20H30N3S2+. The van der Waals surface area contributed by atoms with Crippen LogP contribution in [0.2, 0.25) is 0 Å². The number of likely N-dealkylation sites (N-methyl/N-ethyl adjacent to an activating group) is 1. The number of nitrogens with zero attached hydrogens (tertiary/aromatic N) is 1. The van der Waals surface area contributed by atoms with Gasteiger partial charge in [-0.2, -0.15) is 0 Å². The first-order valence-corrected chi connectivity index (χ1v) is 10.3. The smallest absolute Gasteiger partial charge is 0.173 e. The molecule has 0 fully saturated rings. The van der Waals surface area contributed by atoms with E-state index in [-0.39, 0.29) is 0 Å². The zero-order valence-electron chi connectivity index (χ0n) is 15.8. The van der Waals surface area contributed by atoms with Gasteiger partial charge in [0.2, 0.25) is 0 Å². The van der Waals surface area contributed by atoms with Crippen molar-refractivity contribution >= 4 is 34.4 Å². The molecule has 5 heteroatoms. The average Bonchev–Trinajstić information content (AvgIpc) is 3.11. The number of aryl methyl sites for hydroxylation is 2. The standard InChI is InChI=1S/C20H29N3S2/c1-5-22(6-2)11-12-23(15-19-8-7-13-25-19)20(24)21-18-10-9-16(3)17(4)14-18/h7-10,13-14H,5-6,11-12,15H2,1-4H3,(H,21,24)/p+1. The number of hydrogen-bond donors (Lipinski definition) is 2. The second kappa shape index (κ2) is 9.90. The van der Waals surface area contributed by atoms with Gasteiger partial charge in [-0.05, 0) is 74.6 Å². The van der Waals surface area contributed by atoms with Crippen molar-refractivity contribution in [3.63, 3.8) is 0 Å². The molecule has 0 radical (unpaired) electrons. The van der Waals surface area contributed by atoms with Crippen LogP contribution >= 0.6 is 23.6 Å². The van der Waals surface area contributed by atoms with Crippen molar-refractivity contribution in [3.8, 4) is 0 Å². The van der Waals surface area contributed by atoms with E-state index in [1.807, 2.05) is 0 Å². The summed E-state index contributed by atoms with van der Waals surface area (Å²) in [4.78, 5) is 5.24. The lowest BCUT2D eigenvalue weighted by atomic mass is 10.1. The van der Waals surface area contributed by atoms with Gasteiger partial charge in [0, 0.05) is 10.6 Å². The molecule has 0 amide bonds. The van der Waals surface area contributed by atoms with E-state index in [1.165, 1.54) is 16.0 Å². The molecule has 0 aliphatic carbocycles. The van der Waals surface area contributed by atoms with Crippen LogP contribution in [0.1, 0.15) is 29.9 Å². The molecule has 3 nitrogen and oxygen atoms in total. The first-order chi connectivity index (χ1) is 12.0. The van der Waals surface area contributed by atoms with Crippen LogP contribution in [0.3, 0.4) is 0 Å². The molecule has 136 valence electrons. The number of quaternary nitrogens is 1. The Morgan fingerprint density at radius 3 is 2.52 bits per heavy atom. The van der Waals surface area contributed by atoms with E-state index < -0.39 is 0 Å². The normalized spacial score (nSPS) is 10.9. The zero-order valence-corrected chi connectivity index (χ0v) is 17.4. The average molecular weight is 377 g/mol. The minimum atomic E-state index is 0.809. The van der Waals surface area contributed by atoms with Gasteiger partial charge < -0.3 is 15.1 Å². The van der Waals surface area contributed by atoms with Crippen molar-refractivity contribution in [1.82, 2.24) is 4.90 Å². The third-order valence-corrected chi connectivity index (χ3v) is 5.93. The van der Waals surface area contributed by atoms with E-state index in [4.69, 9.17) is 12.2 Å². The lowest BCUT2D eigenvalue weighted by Gasteiger charge is -2.27. The molecule has 0 aliphatic heterocycles. The first-order valence-electron chi connectivity index (χ1n) is 9.02. The van der Waals surface area contributed by atoms with Crippen LogP contribution in [0, 0.1) is 13.8 Å². The summed E-state index contributed by atoms with van der Waals surface area (Å²) in [5.41, 5.74) is 3.65. The van der Waals surface area contributed by atoms with Gasteiger partial charge in [-0.25, -0.2) is 0 Å². The van der Waals surface area contributed by atoms with Crippen LogP contribution < -0.4 is 10.2 Å². The van der Waals surface area contributed by atoms with Gasteiger partial charge in [-0.3, -0.25) is 0 Å². The van der Waals surface area contributed by atoms with Gasteiger partial charge in [0.1, 0.15) is 0 Å². The number of thiophene rings is 1. The highest BCUT2D eigenvalue weighted by Crippen LogP contribution is 2.16. The highest BCUT2D eigenvalue weighted by atomic mass is 32.1. The van der Waals surface area contributed by atoms with Crippen LogP contribution in [-0.2, 0) is 6.54 Å². The summed E-state index contributed by atoms with van der Waals surface area (Å²) in [6.45, 7) is 14.0. The number of rotatable bonds is 8. The van der Waals surface area contributed by atoms with Gasteiger partial charge in [-0.1, -0.05) is 12.1 Å². The van der Waals surface area contributed by atoms with Crippen LogP contribution in [0.25, 0.3) is 0 Å². The SMILES string of the molecule is CC[NH+](CC)CCN(Cc1cccs1)C(=S)Nc1ccc(C)c(C)c1. The molecule has 0 bridgehead atoms. The molecule has 0 spiro atoms. The van der Waals surface area contributed by atoms with Crippen molar-refractivity contribution in [1.29, 1.82) is 0 Å². The molecule has 0 saturated heterocycles. The highest BCUT2D eigenvalue weighted by Gasteiger charge is 2.14. The van der Waals surface area contributed by atoms with Crippen LogP contribution in [0.5, 0.6) is 0 Å². The molecular weight excluding hydrogens is 346 g/mol. The van der Waals surface area contributed by atoms with Crippen LogP contribution in [0.4, 0.5) is 5.69 Å². The molecule has 2 N–H and O–H groups in total. The van der Waals surface area contributed by atoms with Gasteiger partial charge in [-0.15, -0.1) is 11.3 Å². The lowest BCUT2D eigenvalue weighted by molar-refractivity contribution is -0.895. The fourth-order valence-corrected chi connectivity index (χ4v) is 3.75. The minimum absolute atomic E-state index is 0.809. The number of thiocarbonyl (C=S) groups is 1. The molecule has 2 rings (SSSR count). The predicted molar refractivity (Wildman–Crippen MR) is 114 cm³/mol. The number of anilines is 1. The summed E-state index contributed by atoms with van der Waals surface area (Å²) in [6.07, 6.45) is 0. The molecule has 25 heavy (non-hydrogen) atoms. The summed E-state index contributed by atoms with van der Waals surface area (Å²) < 4.78 is 0. The largest absolute Gasteiger partial charge is 0.338 e. The van der Waals surface area contributed by atoms with Crippen molar-refractivity contribution < 1.29 is 4.90 Å². The van der Waals surface area contributed by atoms with E-state index in [2.05, 4.69) is 73.6 Å². The maximum absolute atomic E-state index is 5.74. The summed E-state index contributed by atoms with van der Waals surface area (Å²) >= 11 is 7.53. The molecule has 1 aromatic carbocycles. The van der Waals surface area contributed by atoms with Crippen molar-refractivity contribution in [3.05, 3.63) is 51.7 Å². The van der Waals surface area contributed by atoms with Gasteiger partial charge in [0.25, 0.3) is 0 Å². The van der Waals surface area contributed by atoms with Crippen LogP contribution in [0.15, 0.2) is 35.7 Å². The Morgan fingerprint density at radius 1 is 1.16 bits per heavy atom. The molecule has 0 atom stereocenters. The Labute approximate surface area is 161 Å². The van der Waals surface area contributed by atoms with E-state index >= 15 is 0 Å². The summed E-state index contributed by atoms with van der Waals surface area (Å²) in [5, 5.41) is 6.37. The summed E-state index contributed by atoms with van der Waals surface area (Å²) in [7, 11) is 0. The van der Waals surface area contributed by atoms with Gasteiger partial charge >= 0.3 is 0 Å². The van der Waals surface area contributed by atoms with Gasteiger partial charge in [0.15, 0.2) is 5.11 Å². The molecule has 0 unspecified atom stereocenters. The topological polar surface area (TPSA) is 19.7 Å². The highest BCUT2D eigenvalue weighted by molar-refractivity contribution is 7.80. The van der Waals surface area contributed by atoms with E-state index in [0.29, 0.717) is 0 Å². The third-order valence-electron chi connectivity index (χ3n) is 4.71. The Hall–Kier alpha value is -1.43. The number of nitrogens with one attached hydrogen (secondary N) is 2.